The van der Waals surface area contributed by atoms with Crippen LogP contribution in [0.2, 0.25) is 0 Å². The summed E-state index contributed by atoms with van der Waals surface area (Å²) in [6.45, 7) is 3.37. The number of benzene rings is 2. The number of nitrogens with zero attached hydrogens (tertiary/aromatic N) is 6. The average Bonchev–Trinajstić information content (AvgIpc) is 3.49. The molecule has 2 fully saturated rings. The Hall–Kier alpha value is -3.90. The number of morpholine rings is 1. The second kappa shape index (κ2) is 14.3. The first-order valence-electron chi connectivity index (χ1n) is 14.6. The van der Waals surface area contributed by atoms with Gasteiger partial charge in [-0.3, -0.25) is 14.5 Å². The molecule has 1 N–H and O–H groups in total. The zero-order valence-electron chi connectivity index (χ0n) is 24.0. The van der Waals surface area contributed by atoms with Gasteiger partial charge in [0, 0.05) is 37.8 Å². The molecule has 2 aromatic carbocycles. The summed E-state index contributed by atoms with van der Waals surface area (Å²) in [6, 6.07) is 12.1. The fourth-order valence-electron chi connectivity index (χ4n) is 5.49. The van der Waals surface area contributed by atoms with Gasteiger partial charge in [-0.1, -0.05) is 31.4 Å². The molecular formula is C30H38FN7O4. The van der Waals surface area contributed by atoms with Gasteiger partial charge in [0.15, 0.2) is 0 Å². The summed E-state index contributed by atoms with van der Waals surface area (Å²) < 4.78 is 24.6. The molecule has 5 rings (SSSR count). The van der Waals surface area contributed by atoms with Gasteiger partial charge in [-0.05, 0) is 60.0 Å². The van der Waals surface area contributed by atoms with Crippen LogP contribution in [-0.4, -0.2) is 94.4 Å². The lowest BCUT2D eigenvalue weighted by Crippen LogP contribution is -2.50. The van der Waals surface area contributed by atoms with E-state index in [1.165, 1.54) is 16.9 Å². The molecule has 12 heteroatoms. The number of nitrogens with one attached hydrogen (secondary N) is 1. The van der Waals surface area contributed by atoms with Crippen molar-refractivity contribution in [3.05, 3.63) is 59.9 Å². The predicted octanol–water partition coefficient (Wildman–Crippen LogP) is 2.84. The Morgan fingerprint density at radius 3 is 2.48 bits per heavy atom. The summed E-state index contributed by atoms with van der Waals surface area (Å²) in [5, 5.41) is 15.8. The van der Waals surface area contributed by atoms with E-state index in [9.17, 15) is 14.0 Å². The highest BCUT2D eigenvalue weighted by Gasteiger charge is 2.33. The van der Waals surface area contributed by atoms with Gasteiger partial charge >= 0.3 is 0 Å². The number of carbonyl (C=O) groups excluding carboxylic acids is 2. The van der Waals surface area contributed by atoms with E-state index < -0.39 is 11.9 Å². The van der Waals surface area contributed by atoms with E-state index in [1.807, 2.05) is 12.1 Å². The lowest BCUT2D eigenvalue weighted by molar-refractivity contribution is -0.142. The highest BCUT2D eigenvalue weighted by molar-refractivity contribution is 5.89. The summed E-state index contributed by atoms with van der Waals surface area (Å²) in [6.07, 6.45) is 5.07. The maximum atomic E-state index is 14.0. The number of aromatic nitrogens is 4. The van der Waals surface area contributed by atoms with Gasteiger partial charge in [-0.25, -0.2) is 4.39 Å². The smallest absolute Gasteiger partial charge is 0.247 e. The van der Waals surface area contributed by atoms with Gasteiger partial charge < -0.3 is 19.7 Å². The van der Waals surface area contributed by atoms with Crippen LogP contribution in [0.1, 0.15) is 43.7 Å². The van der Waals surface area contributed by atoms with E-state index in [0.29, 0.717) is 43.4 Å². The molecule has 1 aliphatic carbocycles. The van der Waals surface area contributed by atoms with Crippen LogP contribution in [0.3, 0.4) is 0 Å². The van der Waals surface area contributed by atoms with E-state index in [4.69, 9.17) is 9.47 Å². The molecule has 2 amide bonds. The van der Waals surface area contributed by atoms with Crippen LogP contribution in [0.5, 0.6) is 5.75 Å². The van der Waals surface area contributed by atoms with Crippen LogP contribution >= 0.6 is 0 Å². The van der Waals surface area contributed by atoms with Crippen LogP contribution in [0, 0.1) is 5.82 Å². The monoisotopic (exact) mass is 579 g/mol. The third-order valence-corrected chi connectivity index (χ3v) is 7.86. The maximum Gasteiger partial charge on any atom is 0.247 e. The van der Waals surface area contributed by atoms with E-state index in [0.717, 1.165) is 50.8 Å². The first kappa shape index (κ1) is 29.6. The van der Waals surface area contributed by atoms with Crippen molar-refractivity contribution in [2.45, 2.75) is 50.7 Å². The third kappa shape index (κ3) is 7.68. The standard InChI is InChI=1S/C30H38FN7O4/c1-41-26-13-9-23(10-14-26)29-33-35-38(34-29)21-27(39)37(16-15-36-17-19-42-20-18-36)28(22-7-11-24(31)12-8-22)30(40)32-25-5-3-2-4-6-25/h7-14,25,28H,2-6,15-21H2,1H3,(H,32,40). The molecule has 1 saturated heterocycles. The summed E-state index contributed by atoms with van der Waals surface area (Å²) in [5.74, 6) is 0.0599. The quantitative estimate of drug-likeness (QED) is 0.369. The van der Waals surface area contributed by atoms with Crippen molar-refractivity contribution in [2.24, 2.45) is 0 Å². The van der Waals surface area contributed by atoms with Gasteiger partial charge in [0.1, 0.15) is 24.2 Å². The molecular weight excluding hydrogens is 541 g/mol. The predicted molar refractivity (Wildman–Crippen MR) is 153 cm³/mol. The Labute approximate surface area is 245 Å². The number of amides is 2. The Bertz CT molecular complexity index is 1310. The summed E-state index contributed by atoms with van der Waals surface area (Å²) in [5.41, 5.74) is 1.28. The van der Waals surface area contributed by atoms with Crippen molar-refractivity contribution in [2.75, 3.05) is 46.5 Å². The molecule has 2 heterocycles. The Balaban J connectivity index is 1.39. The SMILES string of the molecule is COc1ccc(-c2nnn(CC(=O)N(CCN3CCOCC3)C(C(=O)NC3CCCCC3)c3ccc(F)cc3)n2)cc1. The maximum absolute atomic E-state index is 14.0. The molecule has 3 aromatic rings. The Morgan fingerprint density at radius 1 is 1.07 bits per heavy atom. The highest BCUT2D eigenvalue weighted by atomic mass is 19.1. The molecule has 0 radical (unpaired) electrons. The number of tetrazole rings is 1. The van der Waals surface area contributed by atoms with Gasteiger partial charge in [0.25, 0.3) is 0 Å². The van der Waals surface area contributed by atoms with Crippen LogP contribution in [0.25, 0.3) is 11.4 Å². The minimum atomic E-state index is -0.939. The Kier molecular flexibility index (Phi) is 10.1. The number of rotatable bonds is 11. The second-order valence-corrected chi connectivity index (χ2v) is 10.7. The van der Waals surface area contributed by atoms with Crippen LogP contribution in [0.15, 0.2) is 48.5 Å². The zero-order chi connectivity index (χ0) is 29.3. The normalized spacial score (nSPS) is 17.0. The molecule has 0 bridgehead atoms. The van der Waals surface area contributed by atoms with Crippen molar-refractivity contribution in [1.82, 2.24) is 35.3 Å². The Morgan fingerprint density at radius 2 is 1.79 bits per heavy atom. The molecule has 1 atom stereocenters. The average molecular weight is 580 g/mol. The van der Waals surface area contributed by atoms with E-state index in [2.05, 4.69) is 25.6 Å². The number of methoxy groups -OCH3 is 1. The number of hydrogen-bond acceptors (Lipinski definition) is 8. The van der Waals surface area contributed by atoms with E-state index >= 15 is 0 Å². The third-order valence-electron chi connectivity index (χ3n) is 7.86. The lowest BCUT2D eigenvalue weighted by Gasteiger charge is -2.35. The highest BCUT2D eigenvalue weighted by Crippen LogP contribution is 2.25. The van der Waals surface area contributed by atoms with Gasteiger partial charge in [0.05, 0.1) is 20.3 Å². The van der Waals surface area contributed by atoms with Gasteiger partial charge in [0.2, 0.25) is 17.6 Å². The second-order valence-electron chi connectivity index (χ2n) is 10.7. The number of halogens is 1. The molecule has 42 heavy (non-hydrogen) atoms. The van der Waals surface area contributed by atoms with Crippen molar-refractivity contribution < 1.29 is 23.5 Å². The summed E-state index contributed by atoms with van der Waals surface area (Å²) >= 11 is 0. The van der Waals surface area contributed by atoms with E-state index in [1.54, 1.807) is 36.3 Å². The molecule has 1 aromatic heterocycles. The fourth-order valence-corrected chi connectivity index (χ4v) is 5.49. The number of hydrogen-bond donors (Lipinski definition) is 1. The van der Waals surface area contributed by atoms with Gasteiger partial charge in [-0.2, -0.15) is 4.80 Å². The van der Waals surface area contributed by atoms with Crippen molar-refractivity contribution in [3.63, 3.8) is 0 Å². The molecule has 11 nitrogen and oxygen atoms in total. The van der Waals surface area contributed by atoms with Gasteiger partial charge in [-0.15, -0.1) is 10.2 Å². The lowest BCUT2D eigenvalue weighted by atomic mass is 9.94. The summed E-state index contributed by atoms with van der Waals surface area (Å²) in [7, 11) is 1.59. The first-order valence-corrected chi connectivity index (χ1v) is 14.6. The zero-order valence-corrected chi connectivity index (χ0v) is 24.0. The fraction of sp³-hybridized carbons (Fsp3) is 0.500. The van der Waals surface area contributed by atoms with Crippen LogP contribution < -0.4 is 10.1 Å². The first-order chi connectivity index (χ1) is 20.5. The number of ether oxygens (including phenoxy) is 2. The molecule has 224 valence electrons. The molecule has 0 spiro atoms. The van der Waals surface area contributed by atoms with Crippen LogP contribution in [0.4, 0.5) is 4.39 Å². The van der Waals surface area contributed by atoms with Crippen LogP contribution in [-0.2, 0) is 20.9 Å². The number of carbonyl (C=O) groups is 2. The minimum Gasteiger partial charge on any atom is -0.497 e. The topological polar surface area (TPSA) is 115 Å². The van der Waals surface area contributed by atoms with E-state index in [-0.39, 0.29) is 24.4 Å². The molecule has 1 unspecified atom stereocenters. The largest absolute Gasteiger partial charge is 0.497 e. The molecule has 1 saturated carbocycles. The minimum absolute atomic E-state index is 0.0504. The summed E-state index contributed by atoms with van der Waals surface area (Å²) in [4.78, 5) is 32.9. The van der Waals surface area contributed by atoms with Crippen molar-refractivity contribution >= 4 is 11.8 Å². The molecule has 2 aliphatic rings. The van der Waals surface area contributed by atoms with Crippen molar-refractivity contribution in [3.8, 4) is 17.1 Å². The molecule has 1 aliphatic heterocycles. The van der Waals surface area contributed by atoms with Crippen molar-refractivity contribution in [1.29, 1.82) is 0 Å².